The van der Waals surface area contributed by atoms with Crippen LogP contribution in [0.4, 0.5) is 11.5 Å². The molecule has 4 aromatic rings. The summed E-state index contributed by atoms with van der Waals surface area (Å²) in [5.41, 5.74) is 4.01. The molecule has 11 heteroatoms. The highest BCUT2D eigenvalue weighted by Gasteiger charge is 2.23. The summed E-state index contributed by atoms with van der Waals surface area (Å²) in [6.45, 7) is 3.61. The monoisotopic (exact) mass is 610 g/mol. The number of ether oxygens (including phenoxy) is 1. The minimum Gasteiger partial charge on any atom is -0.381 e. The molecule has 1 amide bonds. The van der Waals surface area contributed by atoms with Gasteiger partial charge in [-0.3, -0.25) is 9.89 Å². The Morgan fingerprint density at radius 2 is 1.85 bits per heavy atom. The van der Waals surface area contributed by atoms with E-state index >= 15 is 0 Å². The van der Waals surface area contributed by atoms with Crippen LogP contribution >= 0.6 is 35.0 Å². The van der Waals surface area contributed by atoms with Gasteiger partial charge in [0.05, 0.1) is 16.1 Å². The smallest absolute Gasteiger partial charge is 0.259 e. The molecule has 0 saturated carbocycles. The Labute approximate surface area is 253 Å². The van der Waals surface area contributed by atoms with Gasteiger partial charge in [-0.05, 0) is 99.8 Å². The number of carbonyl (C=O) groups excluding carboxylic acids is 1. The van der Waals surface area contributed by atoms with Crippen LogP contribution in [0.25, 0.3) is 11.0 Å². The van der Waals surface area contributed by atoms with E-state index in [4.69, 9.17) is 32.9 Å². The Kier molecular flexibility index (Phi) is 8.69. The van der Waals surface area contributed by atoms with Crippen LogP contribution < -0.4 is 10.6 Å². The van der Waals surface area contributed by atoms with Crippen LogP contribution in [-0.2, 0) is 4.74 Å². The van der Waals surface area contributed by atoms with Gasteiger partial charge in [0, 0.05) is 34.9 Å². The molecule has 41 heavy (non-hydrogen) atoms. The molecule has 214 valence electrons. The van der Waals surface area contributed by atoms with Gasteiger partial charge in [0.1, 0.15) is 10.5 Å². The van der Waals surface area contributed by atoms with Gasteiger partial charge < -0.3 is 20.3 Å². The number of hydrogen-bond donors (Lipinski definition) is 3. The van der Waals surface area contributed by atoms with Crippen LogP contribution in [0.2, 0.25) is 10.0 Å². The summed E-state index contributed by atoms with van der Waals surface area (Å²) >= 11 is 13.9. The number of aromatic nitrogens is 3. The fourth-order valence-electron chi connectivity index (χ4n) is 5.40. The number of rotatable bonds is 7. The van der Waals surface area contributed by atoms with Crippen molar-refractivity contribution >= 4 is 63.4 Å². The lowest BCUT2D eigenvalue weighted by atomic mass is 9.88. The third-order valence-corrected chi connectivity index (χ3v) is 9.45. The van der Waals surface area contributed by atoms with E-state index in [-0.39, 0.29) is 11.9 Å². The van der Waals surface area contributed by atoms with E-state index in [0.29, 0.717) is 37.9 Å². The van der Waals surface area contributed by atoms with Crippen LogP contribution in [0, 0.1) is 0 Å². The molecule has 2 aromatic carbocycles. The van der Waals surface area contributed by atoms with Gasteiger partial charge in [-0.2, -0.15) is 5.10 Å². The quantitative estimate of drug-likeness (QED) is 0.206. The predicted octanol–water partition coefficient (Wildman–Crippen LogP) is 7.07. The molecule has 0 radical (unpaired) electrons. The Hall–Kier alpha value is -2.82. The molecule has 0 spiro atoms. The van der Waals surface area contributed by atoms with Gasteiger partial charge in [0.2, 0.25) is 0 Å². The number of likely N-dealkylation sites (tertiary alicyclic amines) is 1. The fourth-order valence-corrected chi connectivity index (χ4v) is 6.72. The van der Waals surface area contributed by atoms with Gasteiger partial charge in [-0.25, -0.2) is 4.98 Å². The highest BCUT2D eigenvalue weighted by Crippen LogP contribution is 2.36. The number of amides is 1. The van der Waals surface area contributed by atoms with Crippen molar-refractivity contribution in [3.63, 3.8) is 0 Å². The number of hydrogen-bond acceptors (Lipinski definition) is 7. The first kappa shape index (κ1) is 28.3. The molecule has 3 N–H and O–H groups in total. The Morgan fingerprint density at radius 1 is 1.05 bits per heavy atom. The number of pyridine rings is 1. The highest BCUT2D eigenvalue weighted by molar-refractivity contribution is 7.99. The lowest BCUT2D eigenvalue weighted by Crippen LogP contribution is -2.30. The predicted molar refractivity (Wildman–Crippen MR) is 166 cm³/mol. The van der Waals surface area contributed by atoms with Crippen LogP contribution in [0.15, 0.2) is 58.5 Å². The molecular formula is C30H32Cl2N6O2S. The van der Waals surface area contributed by atoms with Crippen molar-refractivity contribution in [1.29, 1.82) is 0 Å². The van der Waals surface area contributed by atoms with Crippen LogP contribution in [0.3, 0.4) is 0 Å². The maximum Gasteiger partial charge on any atom is 0.259 e. The Balaban J connectivity index is 1.26. The molecule has 2 saturated heterocycles. The Morgan fingerprint density at radius 3 is 2.66 bits per heavy atom. The average molecular weight is 612 g/mol. The summed E-state index contributed by atoms with van der Waals surface area (Å²) in [4.78, 5) is 21.6. The molecule has 4 heterocycles. The number of anilines is 2. The third-order valence-electron chi connectivity index (χ3n) is 7.78. The molecule has 6 rings (SSSR count). The number of nitrogens with zero attached hydrogens (tertiary/aromatic N) is 3. The number of halogens is 2. The summed E-state index contributed by atoms with van der Waals surface area (Å²) in [7, 11) is 2.17. The fraction of sp³-hybridized carbons (Fsp3) is 0.367. The van der Waals surface area contributed by atoms with Gasteiger partial charge in [-0.15, -0.1) is 0 Å². The lowest BCUT2D eigenvalue weighted by molar-refractivity contribution is 0.0904. The van der Waals surface area contributed by atoms with E-state index in [0.717, 1.165) is 68.1 Å². The van der Waals surface area contributed by atoms with Gasteiger partial charge >= 0.3 is 0 Å². The first-order valence-corrected chi connectivity index (χ1v) is 15.5. The molecule has 2 aliphatic heterocycles. The molecule has 0 atom stereocenters. The normalized spacial score (nSPS) is 17.1. The number of carbonyl (C=O) groups is 1. The van der Waals surface area contributed by atoms with Gasteiger partial charge in [-0.1, -0.05) is 41.0 Å². The molecular weight excluding hydrogens is 579 g/mol. The van der Waals surface area contributed by atoms with Gasteiger partial charge in [0.15, 0.2) is 5.82 Å². The number of aromatic amines is 1. The highest BCUT2D eigenvalue weighted by atomic mass is 35.5. The molecule has 2 aliphatic rings. The standard InChI is InChI=1S/C30H32Cl2N6O2S/c1-38-12-8-18(9-13-38)19-2-4-22(25(16-19)33-21-10-14-40-15-11-21)30(39)35-29-28-24(36-37-29)6-7-27(34-28)41-26-17-20(31)3-5-23(26)32/h2-7,16-18,21,33H,8-15H2,1H3,(H2,35,36,37,39). The second-order valence-electron chi connectivity index (χ2n) is 10.7. The molecule has 8 nitrogen and oxygen atoms in total. The number of benzene rings is 2. The van der Waals surface area contributed by atoms with Crippen LogP contribution in [0.1, 0.15) is 47.5 Å². The summed E-state index contributed by atoms with van der Waals surface area (Å²) in [6.07, 6.45) is 4.05. The number of piperidine rings is 1. The average Bonchev–Trinajstić information content (AvgIpc) is 3.37. The lowest BCUT2D eigenvalue weighted by Gasteiger charge is -2.30. The van der Waals surface area contributed by atoms with Crippen molar-refractivity contribution in [1.82, 2.24) is 20.1 Å². The van der Waals surface area contributed by atoms with E-state index in [1.54, 1.807) is 18.2 Å². The SMILES string of the molecule is CN1CCC(c2ccc(C(=O)Nc3n[nH]c4ccc(Sc5cc(Cl)ccc5Cl)nc34)c(NC3CCOCC3)c2)CC1. The minimum atomic E-state index is -0.236. The van der Waals surface area contributed by atoms with Crippen molar-refractivity contribution < 1.29 is 9.53 Å². The van der Waals surface area contributed by atoms with Crippen LogP contribution in [0.5, 0.6) is 0 Å². The first-order chi connectivity index (χ1) is 19.9. The van der Waals surface area contributed by atoms with E-state index in [9.17, 15) is 4.79 Å². The molecule has 2 fully saturated rings. The second-order valence-corrected chi connectivity index (χ2v) is 12.6. The molecule has 0 bridgehead atoms. The zero-order valence-corrected chi connectivity index (χ0v) is 25.1. The first-order valence-electron chi connectivity index (χ1n) is 13.9. The minimum absolute atomic E-state index is 0.236. The Bertz CT molecular complexity index is 1550. The summed E-state index contributed by atoms with van der Waals surface area (Å²) in [6, 6.07) is 15.6. The van der Waals surface area contributed by atoms with Crippen molar-refractivity contribution in [2.75, 3.05) is 44.0 Å². The van der Waals surface area contributed by atoms with E-state index < -0.39 is 0 Å². The molecule has 0 unspecified atom stereocenters. The zero-order valence-electron chi connectivity index (χ0n) is 22.8. The topological polar surface area (TPSA) is 95.2 Å². The van der Waals surface area contributed by atoms with Crippen molar-refractivity contribution in [2.45, 2.75) is 47.6 Å². The maximum atomic E-state index is 13.7. The summed E-state index contributed by atoms with van der Waals surface area (Å²) in [5.74, 6) is 0.628. The van der Waals surface area contributed by atoms with Crippen molar-refractivity contribution in [3.8, 4) is 0 Å². The number of H-pyrrole nitrogens is 1. The van der Waals surface area contributed by atoms with Gasteiger partial charge in [0.25, 0.3) is 5.91 Å². The second kappa shape index (κ2) is 12.6. The van der Waals surface area contributed by atoms with Crippen molar-refractivity contribution in [3.05, 3.63) is 69.7 Å². The summed E-state index contributed by atoms with van der Waals surface area (Å²) in [5, 5.41) is 15.9. The maximum absolute atomic E-state index is 13.7. The van der Waals surface area contributed by atoms with Crippen molar-refractivity contribution in [2.24, 2.45) is 0 Å². The number of fused-ring (bicyclic) bond motifs is 1. The van der Waals surface area contributed by atoms with Crippen LogP contribution in [-0.4, -0.2) is 65.4 Å². The number of nitrogens with one attached hydrogen (secondary N) is 3. The third kappa shape index (κ3) is 6.65. The molecule has 2 aromatic heterocycles. The van der Waals surface area contributed by atoms with E-state index in [1.807, 2.05) is 18.2 Å². The molecule has 0 aliphatic carbocycles. The summed E-state index contributed by atoms with van der Waals surface area (Å²) < 4.78 is 5.56. The zero-order chi connectivity index (χ0) is 28.3. The van der Waals surface area contributed by atoms with E-state index in [2.05, 4.69) is 44.9 Å². The largest absolute Gasteiger partial charge is 0.381 e. The van der Waals surface area contributed by atoms with E-state index in [1.165, 1.54) is 17.3 Å².